The third kappa shape index (κ3) is 3.23. The van der Waals surface area contributed by atoms with Crippen molar-refractivity contribution in [1.82, 2.24) is 4.57 Å². The number of carboxylic acids is 1. The molecule has 1 N–H and O–H groups in total. The minimum absolute atomic E-state index is 0.0580. The highest BCUT2D eigenvalue weighted by Crippen LogP contribution is 2.39. The molecule has 0 aliphatic heterocycles. The number of fused-ring (bicyclic) bond motifs is 1. The summed E-state index contributed by atoms with van der Waals surface area (Å²) in [6.45, 7) is 3.94. The van der Waals surface area contributed by atoms with Gasteiger partial charge in [0, 0.05) is 16.1 Å². The second kappa shape index (κ2) is 7.06. The molecule has 0 atom stereocenters. The van der Waals surface area contributed by atoms with Gasteiger partial charge < -0.3 is 14.4 Å². The standard InChI is InChI=1S/C23H18ClNO3/c1-14-6-9-17(10-7-14)25-20-13-16(24)8-11-19(20)22(21(25)23(26)27)28-18-5-3-4-15(2)12-18/h3-13H,1-2H3,(H,26,27). The normalized spacial score (nSPS) is 11.0. The van der Waals surface area contributed by atoms with Gasteiger partial charge in [0.25, 0.3) is 0 Å². The van der Waals surface area contributed by atoms with Crippen LogP contribution in [0.5, 0.6) is 11.5 Å². The SMILES string of the molecule is Cc1ccc(-n2c(C(=O)O)c(Oc3cccc(C)c3)c3ccc(Cl)cc32)cc1. The minimum atomic E-state index is -1.07. The zero-order valence-corrected chi connectivity index (χ0v) is 16.2. The second-order valence-corrected chi connectivity index (χ2v) is 7.17. The van der Waals surface area contributed by atoms with Crippen LogP contribution >= 0.6 is 11.6 Å². The molecule has 0 spiro atoms. The molecule has 0 amide bonds. The molecule has 0 aliphatic carbocycles. The Hall–Kier alpha value is -3.24. The molecule has 1 heterocycles. The van der Waals surface area contributed by atoms with Gasteiger partial charge >= 0.3 is 5.97 Å². The number of aryl methyl sites for hydroxylation is 2. The maximum Gasteiger partial charge on any atom is 0.356 e. The van der Waals surface area contributed by atoms with E-state index >= 15 is 0 Å². The van der Waals surface area contributed by atoms with E-state index in [4.69, 9.17) is 16.3 Å². The van der Waals surface area contributed by atoms with Gasteiger partial charge in [-0.2, -0.15) is 0 Å². The zero-order valence-electron chi connectivity index (χ0n) is 15.4. The highest BCUT2D eigenvalue weighted by Gasteiger charge is 2.25. The zero-order chi connectivity index (χ0) is 19.8. The molecule has 28 heavy (non-hydrogen) atoms. The Bertz CT molecular complexity index is 1190. The molecule has 1 aromatic heterocycles. The molecule has 4 rings (SSSR count). The quantitative estimate of drug-likeness (QED) is 0.438. The lowest BCUT2D eigenvalue weighted by atomic mass is 10.2. The van der Waals surface area contributed by atoms with Gasteiger partial charge in [0.1, 0.15) is 5.75 Å². The fourth-order valence-corrected chi connectivity index (χ4v) is 3.45. The van der Waals surface area contributed by atoms with E-state index in [1.165, 1.54) is 0 Å². The number of aromatic carboxylic acids is 1. The molecule has 0 bridgehead atoms. The summed E-state index contributed by atoms with van der Waals surface area (Å²) in [6.07, 6.45) is 0. The summed E-state index contributed by atoms with van der Waals surface area (Å²) in [5, 5.41) is 11.2. The smallest absolute Gasteiger partial charge is 0.356 e. The Morgan fingerprint density at radius 1 is 0.964 bits per heavy atom. The molecule has 0 saturated heterocycles. The van der Waals surface area contributed by atoms with Crippen LogP contribution in [0, 0.1) is 13.8 Å². The summed E-state index contributed by atoms with van der Waals surface area (Å²) < 4.78 is 7.76. The van der Waals surface area contributed by atoms with Crippen molar-refractivity contribution in [3.8, 4) is 17.2 Å². The third-order valence-electron chi connectivity index (χ3n) is 4.59. The van der Waals surface area contributed by atoms with Crippen LogP contribution in [0.4, 0.5) is 0 Å². The number of aromatic nitrogens is 1. The summed E-state index contributed by atoms with van der Waals surface area (Å²) >= 11 is 6.22. The first-order chi connectivity index (χ1) is 13.4. The van der Waals surface area contributed by atoms with Gasteiger partial charge in [-0.1, -0.05) is 41.4 Å². The summed E-state index contributed by atoms with van der Waals surface area (Å²) in [7, 11) is 0. The average molecular weight is 392 g/mol. The first-order valence-electron chi connectivity index (χ1n) is 8.83. The topological polar surface area (TPSA) is 51.5 Å². The van der Waals surface area contributed by atoms with E-state index in [-0.39, 0.29) is 5.69 Å². The summed E-state index contributed by atoms with van der Waals surface area (Å²) in [4.78, 5) is 12.3. The monoisotopic (exact) mass is 391 g/mol. The molecule has 0 fully saturated rings. The van der Waals surface area contributed by atoms with Crippen molar-refractivity contribution in [2.45, 2.75) is 13.8 Å². The van der Waals surface area contributed by atoms with E-state index in [1.807, 2.05) is 62.4 Å². The fraction of sp³-hybridized carbons (Fsp3) is 0.0870. The Kier molecular flexibility index (Phi) is 4.57. The lowest BCUT2D eigenvalue weighted by Gasteiger charge is -2.10. The molecule has 4 nitrogen and oxygen atoms in total. The van der Waals surface area contributed by atoms with Crippen molar-refractivity contribution >= 4 is 28.5 Å². The van der Waals surface area contributed by atoms with Crippen LogP contribution in [0.25, 0.3) is 16.6 Å². The lowest BCUT2D eigenvalue weighted by Crippen LogP contribution is -2.08. The van der Waals surface area contributed by atoms with Gasteiger partial charge in [0.15, 0.2) is 11.4 Å². The van der Waals surface area contributed by atoms with Gasteiger partial charge in [-0.25, -0.2) is 4.79 Å². The first-order valence-corrected chi connectivity index (χ1v) is 9.20. The fourth-order valence-electron chi connectivity index (χ4n) is 3.29. The van der Waals surface area contributed by atoms with E-state index < -0.39 is 5.97 Å². The highest BCUT2D eigenvalue weighted by atomic mass is 35.5. The van der Waals surface area contributed by atoms with E-state index in [9.17, 15) is 9.90 Å². The predicted octanol–water partition coefficient (Wildman–Crippen LogP) is 6.39. The minimum Gasteiger partial charge on any atom is -0.476 e. The number of carbonyl (C=O) groups is 1. The number of rotatable bonds is 4. The maximum absolute atomic E-state index is 12.3. The van der Waals surface area contributed by atoms with Gasteiger partial charge in [-0.05, 0) is 61.9 Å². The van der Waals surface area contributed by atoms with Gasteiger partial charge in [0.05, 0.1) is 5.52 Å². The van der Waals surface area contributed by atoms with Crippen LogP contribution < -0.4 is 4.74 Å². The molecule has 140 valence electrons. The van der Waals surface area contributed by atoms with Crippen molar-refractivity contribution in [2.24, 2.45) is 0 Å². The Morgan fingerprint density at radius 2 is 1.71 bits per heavy atom. The number of halogens is 1. The molecule has 0 unspecified atom stereocenters. The molecular weight excluding hydrogens is 374 g/mol. The predicted molar refractivity (Wildman–Crippen MR) is 111 cm³/mol. The van der Waals surface area contributed by atoms with Gasteiger partial charge in [-0.15, -0.1) is 0 Å². The highest BCUT2D eigenvalue weighted by molar-refractivity contribution is 6.31. The largest absolute Gasteiger partial charge is 0.476 e. The third-order valence-corrected chi connectivity index (χ3v) is 4.82. The summed E-state index contributed by atoms with van der Waals surface area (Å²) in [6, 6.07) is 20.5. The Balaban J connectivity index is 2.02. The van der Waals surface area contributed by atoms with E-state index in [2.05, 4.69) is 0 Å². The number of hydrogen-bond donors (Lipinski definition) is 1. The average Bonchev–Trinajstić information content (AvgIpc) is 2.96. The Labute approximate surface area is 167 Å². The molecule has 0 radical (unpaired) electrons. The molecule has 0 saturated carbocycles. The molecule has 5 heteroatoms. The van der Waals surface area contributed by atoms with E-state index in [0.717, 1.165) is 16.8 Å². The summed E-state index contributed by atoms with van der Waals surface area (Å²) in [5.74, 6) is -0.193. The number of carboxylic acid groups (broad SMARTS) is 1. The van der Waals surface area contributed by atoms with Gasteiger partial charge in [-0.3, -0.25) is 0 Å². The lowest BCUT2D eigenvalue weighted by molar-refractivity contribution is 0.0686. The number of hydrogen-bond acceptors (Lipinski definition) is 2. The van der Waals surface area contributed by atoms with Crippen molar-refractivity contribution in [3.05, 3.63) is 88.6 Å². The van der Waals surface area contributed by atoms with Gasteiger partial charge in [0.2, 0.25) is 0 Å². The van der Waals surface area contributed by atoms with Crippen molar-refractivity contribution < 1.29 is 14.6 Å². The van der Waals surface area contributed by atoms with Crippen LogP contribution in [-0.4, -0.2) is 15.6 Å². The first kappa shape index (κ1) is 18.1. The van der Waals surface area contributed by atoms with Crippen LogP contribution in [0.1, 0.15) is 21.6 Å². The number of ether oxygens (including phenoxy) is 1. The van der Waals surface area contributed by atoms with Crippen LogP contribution in [0.3, 0.4) is 0 Å². The number of benzene rings is 3. The Morgan fingerprint density at radius 3 is 2.39 bits per heavy atom. The van der Waals surface area contributed by atoms with Crippen molar-refractivity contribution in [1.29, 1.82) is 0 Å². The molecular formula is C23H18ClNO3. The van der Waals surface area contributed by atoms with Crippen molar-refractivity contribution in [2.75, 3.05) is 0 Å². The molecule has 3 aromatic carbocycles. The van der Waals surface area contributed by atoms with Crippen molar-refractivity contribution in [3.63, 3.8) is 0 Å². The van der Waals surface area contributed by atoms with E-state index in [0.29, 0.717) is 27.4 Å². The number of nitrogens with zero attached hydrogens (tertiary/aromatic N) is 1. The summed E-state index contributed by atoms with van der Waals surface area (Å²) in [5.41, 5.74) is 3.58. The van der Waals surface area contributed by atoms with Crippen LogP contribution in [0.15, 0.2) is 66.7 Å². The second-order valence-electron chi connectivity index (χ2n) is 6.73. The van der Waals surface area contributed by atoms with E-state index in [1.54, 1.807) is 22.8 Å². The maximum atomic E-state index is 12.3. The molecule has 0 aliphatic rings. The van der Waals surface area contributed by atoms with Crippen LogP contribution in [-0.2, 0) is 0 Å². The molecule has 4 aromatic rings. The van der Waals surface area contributed by atoms with Crippen LogP contribution in [0.2, 0.25) is 5.02 Å².